The van der Waals surface area contributed by atoms with Crippen molar-refractivity contribution in [1.82, 2.24) is 14.9 Å². The predicted octanol–water partition coefficient (Wildman–Crippen LogP) is 2.42. The van der Waals surface area contributed by atoms with E-state index in [0.717, 1.165) is 43.4 Å². The maximum Gasteiger partial charge on any atom is 0.217 e. The topological polar surface area (TPSA) is 50.3 Å². The lowest BCUT2D eigenvalue weighted by Gasteiger charge is -2.17. The van der Waals surface area contributed by atoms with E-state index in [9.17, 15) is 0 Å². The summed E-state index contributed by atoms with van der Waals surface area (Å²) >= 11 is 0. The van der Waals surface area contributed by atoms with Crippen molar-refractivity contribution in [3.05, 3.63) is 48.3 Å². The summed E-state index contributed by atoms with van der Waals surface area (Å²) in [6.07, 6.45) is 4.80. The quantitative estimate of drug-likeness (QED) is 0.887. The summed E-state index contributed by atoms with van der Waals surface area (Å²) in [6, 6.07) is 10.0. The average molecular weight is 298 g/mol. The summed E-state index contributed by atoms with van der Waals surface area (Å²) < 4.78 is 5.33. The highest BCUT2D eigenvalue weighted by molar-refractivity contribution is 5.33. The van der Waals surface area contributed by atoms with Gasteiger partial charge in [-0.1, -0.05) is 12.1 Å². The van der Waals surface area contributed by atoms with Crippen LogP contribution < -0.4 is 10.1 Å². The van der Waals surface area contributed by atoms with Gasteiger partial charge in [-0.15, -0.1) is 0 Å². The van der Waals surface area contributed by atoms with Crippen molar-refractivity contribution in [2.45, 2.75) is 13.0 Å². The van der Waals surface area contributed by atoms with Crippen LogP contribution in [0.15, 0.2) is 42.7 Å². The molecule has 0 spiro atoms. The summed E-state index contributed by atoms with van der Waals surface area (Å²) in [7, 11) is 1.68. The van der Waals surface area contributed by atoms with Gasteiger partial charge in [-0.05, 0) is 37.1 Å². The lowest BCUT2D eigenvalue weighted by Crippen LogP contribution is -2.23. The van der Waals surface area contributed by atoms with Crippen molar-refractivity contribution < 1.29 is 4.74 Å². The molecule has 0 aliphatic carbocycles. The minimum atomic E-state index is 0.657. The molecule has 2 aromatic heterocycles. The van der Waals surface area contributed by atoms with Crippen LogP contribution >= 0.6 is 0 Å². The third-order valence-corrected chi connectivity index (χ3v) is 4.04. The number of nitrogens with one attached hydrogen (secondary N) is 1. The average Bonchev–Trinajstić information content (AvgIpc) is 3.02. The Bertz CT molecular complexity index is 590. The summed E-state index contributed by atoms with van der Waals surface area (Å²) in [5, 5.41) is 3.42. The molecule has 22 heavy (non-hydrogen) atoms. The third kappa shape index (κ3) is 3.74. The Kier molecular flexibility index (Phi) is 4.85. The lowest BCUT2D eigenvalue weighted by molar-refractivity contribution is 0.307. The van der Waals surface area contributed by atoms with Gasteiger partial charge in [-0.25, -0.2) is 9.97 Å². The minimum absolute atomic E-state index is 0.657. The molecule has 0 radical (unpaired) electrons. The molecule has 0 bridgehead atoms. The fourth-order valence-corrected chi connectivity index (χ4v) is 2.91. The Hall–Kier alpha value is -2.14. The smallest absolute Gasteiger partial charge is 0.217 e. The third-order valence-electron chi connectivity index (χ3n) is 4.04. The van der Waals surface area contributed by atoms with Crippen molar-refractivity contribution in [3.63, 3.8) is 0 Å². The molecule has 5 nitrogen and oxygen atoms in total. The van der Waals surface area contributed by atoms with Crippen LogP contribution in [0, 0.1) is 5.92 Å². The zero-order valence-corrected chi connectivity index (χ0v) is 12.9. The number of ether oxygens (including phenoxy) is 1. The molecule has 3 rings (SSSR count). The summed E-state index contributed by atoms with van der Waals surface area (Å²) in [5.41, 5.74) is 1.16. The number of hydrogen-bond acceptors (Lipinski definition) is 5. The summed E-state index contributed by atoms with van der Waals surface area (Å²) in [6.45, 7) is 4.08. The fourth-order valence-electron chi connectivity index (χ4n) is 2.91. The first-order valence-electron chi connectivity index (χ1n) is 7.70. The van der Waals surface area contributed by atoms with Crippen molar-refractivity contribution in [3.8, 4) is 5.88 Å². The highest BCUT2D eigenvalue weighted by Crippen LogP contribution is 2.22. The number of hydrogen-bond donors (Lipinski definition) is 1. The van der Waals surface area contributed by atoms with E-state index in [2.05, 4.69) is 26.3 Å². The monoisotopic (exact) mass is 298 g/mol. The molecule has 1 aliphatic rings. The van der Waals surface area contributed by atoms with E-state index < -0.39 is 0 Å². The van der Waals surface area contributed by atoms with E-state index in [1.807, 2.05) is 30.5 Å². The first-order chi connectivity index (χ1) is 10.8. The number of rotatable bonds is 6. The van der Waals surface area contributed by atoms with Crippen LogP contribution in [-0.4, -0.2) is 41.6 Å². The van der Waals surface area contributed by atoms with E-state index in [1.165, 1.54) is 6.42 Å². The molecule has 116 valence electrons. The maximum atomic E-state index is 5.33. The van der Waals surface area contributed by atoms with Crippen LogP contribution in [-0.2, 0) is 6.54 Å². The molecule has 1 N–H and O–H groups in total. The van der Waals surface area contributed by atoms with E-state index in [-0.39, 0.29) is 0 Å². The first-order valence-corrected chi connectivity index (χ1v) is 7.70. The predicted molar refractivity (Wildman–Crippen MR) is 86.9 cm³/mol. The molecule has 2 aromatic rings. The van der Waals surface area contributed by atoms with Gasteiger partial charge in [0.1, 0.15) is 5.82 Å². The van der Waals surface area contributed by atoms with Gasteiger partial charge in [0.25, 0.3) is 0 Å². The molecule has 1 fully saturated rings. The molecule has 0 aromatic carbocycles. The van der Waals surface area contributed by atoms with Crippen molar-refractivity contribution in [2.24, 2.45) is 5.92 Å². The van der Waals surface area contributed by atoms with E-state index in [1.54, 1.807) is 13.3 Å². The Morgan fingerprint density at radius 2 is 2.14 bits per heavy atom. The second kappa shape index (κ2) is 7.22. The number of aromatic nitrogens is 2. The minimum Gasteiger partial charge on any atom is -0.481 e. The number of anilines is 1. The number of pyridine rings is 2. The fraction of sp³-hybridized carbons (Fsp3) is 0.412. The van der Waals surface area contributed by atoms with Crippen LogP contribution in [0.25, 0.3) is 0 Å². The van der Waals surface area contributed by atoms with Gasteiger partial charge < -0.3 is 10.1 Å². The molecular formula is C17H22N4O. The van der Waals surface area contributed by atoms with Crippen molar-refractivity contribution in [1.29, 1.82) is 0 Å². The molecular weight excluding hydrogens is 276 g/mol. The van der Waals surface area contributed by atoms with E-state index in [0.29, 0.717) is 5.92 Å². The molecule has 1 saturated heterocycles. The van der Waals surface area contributed by atoms with Crippen LogP contribution in [0.5, 0.6) is 5.88 Å². The highest BCUT2D eigenvalue weighted by atomic mass is 16.5. The first kappa shape index (κ1) is 14.8. The van der Waals surface area contributed by atoms with Gasteiger partial charge in [0.2, 0.25) is 5.88 Å². The summed E-state index contributed by atoms with van der Waals surface area (Å²) in [4.78, 5) is 11.0. The number of nitrogens with zero attached hydrogens (tertiary/aromatic N) is 3. The highest BCUT2D eigenvalue weighted by Gasteiger charge is 2.23. The lowest BCUT2D eigenvalue weighted by atomic mass is 10.1. The van der Waals surface area contributed by atoms with Crippen molar-refractivity contribution in [2.75, 3.05) is 32.1 Å². The summed E-state index contributed by atoms with van der Waals surface area (Å²) in [5.74, 6) is 2.34. The van der Waals surface area contributed by atoms with Gasteiger partial charge in [0.15, 0.2) is 0 Å². The SMILES string of the molecule is COc1ncccc1CN1CCC(CNc2ccccn2)C1. The Balaban J connectivity index is 1.50. The van der Waals surface area contributed by atoms with Crippen LogP contribution in [0.3, 0.4) is 0 Å². The Morgan fingerprint density at radius 1 is 1.23 bits per heavy atom. The molecule has 3 heterocycles. The van der Waals surface area contributed by atoms with Gasteiger partial charge in [-0.2, -0.15) is 0 Å². The normalized spacial score (nSPS) is 18.3. The second-order valence-corrected chi connectivity index (χ2v) is 5.66. The van der Waals surface area contributed by atoms with E-state index in [4.69, 9.17) is 4.74 Å². The zero-order valence-electron chi connectivity index (χ0n) is 12.9. The van der Waals surface area contributed by atoms with Crippen LogP contribution in [0.1, 0.15) is 12.0 Å². The molecule has 1 aliphatic heterocycles. The van der Waals surface area contributed by atoms with E-state index >= 15 is 0 Å². The number of methoxy groups -OCH3 is 1. The number of likely N-dealkylation sites (tertiary alicyclic amines) is 1. The molecule has 5 heteroatoms. The Morgan fingerprint density at radius 3 is 2.95 bits per heavy atom. The standard InChI is InChI=1S/C17H22N4O/c1-22-17-15(5-4-9-19-17)13-21-10-7-14(12-21)11-20-16-6-2-3-8-18-16/h2-6,8-9,14H,7,10-13H2,1H3,(H,18,20). The van der Waals surface area contributed by atoms with Crippen LogP contribution in [0.4, 0.5) is 5.82 Å². The molecule has 0 amide bonds. The van der Waals surface area contributed by atoms with Gasteiger partial charge >= 0.3 is 0 Å². The van der Waals surface area contributed by atoms with Gasteiger partial charge in [0, 0.05) is 37.6 Å². The Labute approximate surface area is 131 Å². The maximum absolute atomic E-state index is 5.33. The molecule has 1 atom stereocenters. The van der Waals surface area contributed by atoms with Gasteiger partial charge in [-0.3, -0.25) is 4.90 Å². The van der Waals surface area contributed by atoms with Gasteiger partial charge in [0.05, 0.1) is 7.11 Å². The molecule has 0 saturated carbocycles. The van der Waals surface area contributed by atoms with Crippen molar-refractivity contribution >= 4 is 5.82 Å². The van der Waals surface area contributed by atoms with Crippen LogP contribution in [0.2, 0.25) is 0 Å². The second-order valence-electron chi connectivity index (χ2n) is 5.66. The zero-order chi connectivity index (χ0) is 15.2. The largest absolute Gasteiger partial charge is 0.481 e. The molecule has 1 unspecified atom stereocenters.